The maximum atomic E-state index is 11.8. The van der Waals surface area contributed by atoms with Crippen LogP contribution in [0.3, 0.4) is 0 Å². The summed E-state index contributed by atoms with van der Waals surface area (Å²) in [5.41, 5.74) is 5.35. The van der Waals surface area contributed by atoms with E-state index in [4.69, 9.17) is 5.73 Å². The van der Waals surface area contributed by atoms with Gasteiger partial charge < -0.3 is 10.6 Å². The second kappa shape index (κ2) is 3.24. The number of imide groups is 1. The molecule has 14 heavy (non-hydrogen) atoms. The van der Waals surface area contributed by atoms with Gasteiger partial charge in [0.1, 0.15) is 6.04 Å². The molecule has 0 radical (unpaired) electrons. The van der Waals surface area contributed by atoms with Crippen LogP contribution in [0, 0.1) is 0 Å². The molecule has 2 fully saturated rings. The summed E-state index contributed by atoms with van der Waals surface area (Å²) in [7, 11) is 0. The van der Waals surface area contributed by atoms with Crippen LogP contribution in [0.4, 0.5) is 4.79 Å². The van der Waals surface area contributed by atoms with E-state index in [2.05, 4.69) is 0 Å². The fraction of sp³-hybridized carbons (Fsp3) is 0.778. The van der Waals surface area contributed by atoms with Crippen LogP contribution in [0.2, 0.25) is 0 Å². The Morgan fingerprint density at radius 3 is 2.57 bits per heavy atom. The van der Waals surface area contributed by atoms with Gasteiger partial charge in [-0.15, -0.1) is 0 Å². The van der Waals surface area contributed by atoms with Crippen LogP contribution in [-0.2, 0) is 4.79 Å². The lowest BCUT2D eigenvalue weighted by molar-refractivity contribution is -0.127. The van der Waals surface area contributed by atoms with E-state index in [0.717, 1.165) is 12.8 Å². The maximum absolute atomic E-state index is 11.8. The molecule has 1 unspecified atom stereocenters. The van der Waals surface area contributed by atoms with Crippen molar-refractivity contribution < 1.29 is 9.59 Å². The summed E-state index contributed by atoms with van der Waals surface area (Å²) in [6.07, 6.45) is 2.06. The molecule has 2 aliphatic rings. The zero-order valence-electron chi connectivity index (χ0n) is 8.27. The second-order valence-electron chi connectivity index (χ2n) is 3.88. The molecule has 1 saturated heterocycles. The molecule has 0 spiro atoms. The Labute approximate surface area is 82.8 Å². The van der Waals surface area contributed by atoms with Crippen LogP contribution >= 0.6 is 0 Å². The molecule has 0 aromatic rings. The minimum Gasteiger partial charge on any atom is -0.329 e. The summed E-state index contributed by atoms with van der Waals surface area (Å²) in [6, 6.07) is -0.152. The monoisotopic (exact) mass is 197 g/mol. The van der Waals surface area contributed by atoms with Crippen molar-refractivity contribution in [1.29, 1.82) is 0 Å². The van der Waals surface area contributed by atoms with E-state index in [0.29, 0.717) is 19.1 Å². The van der Waals surface area contributed by atoms with Crippen molar-refractivity contribution in [2.45, 2.75) is 31.8 Å². The van der Waals surface area contributed by atoms with Crippen molar-refractivity contribution in [2.24, 2.45) is 5.73 Å². The van der Waals surface area contributed by atoms with Crippen molar-refractivity contribution in [3.05, 3.63) is 0 Å². The highest BCUT2D eigenvalue weighted by atomic mass is 16.2. The Kier molecular flexibility index (Phi) is 2.19. The molecule has 0 bridgehead atoms. The average molecular weight is 197 g/mol. The lowest BCUT2D eigenvalue weighted by atomic mass is 10.3. The van der Waals surface area contributed by atoms with Gasteiger partial charge in [0, 0.05) is 19.1 Å². The van der Waals surface area contributed by atoms with E-state index in [1.54, 1.807) is 11.8 Å². The molecule has 1 atom stereocenters. The molecule has 1 aliphatic heterocycles. The number of carbonyl (C=O) groups excluding carboxylic acids is 2. The summed E-state index contributed by atoms with van der Waals surface area (Å²) >= 11 is 0. The van der Waals surface area contributed by atoms with E-state index in [1.807, 2.05) is 0 Å². The topological polar surface area (TPSA) is 66.6 Å². The predicted octanol–water partition coefficient (Wildman–Crippen LogP) is -0.240. The Bertz CT molecular complexity index is 275. The highest BCUT2D eigenvalue weighted by molar-refractivity contribution is 6.04. The lowest BCUT2D eigenvalue weighted by Crippen LogP contribution is -2.37. The van der Waals surface area contributed by atoms with Crippen LogP contribution in [0.1, 0.15) is 19.8 Å². The first-order valence-corrected chi connectivity index (χ1v) is 5.00. The molecule has 0 aromatic carbocycles. The number of rotatable bonds is 3. The highest BCUT2D eigenvalue weighted by Gasteiger charge is 2.48. The van der Waals surface area contributed by atoms with E-state index < -0.39 is 0 Å². The van der Waals surface area contributed by atoms with Crippen molar-refractivity contribution >= 4 is 11.9 Å². The number of hydrogen-bond acceptors (Lipinski definition) is 3. The standard InChI is InChI=1S/C9H15N3O2/c1-6-8(13)11(5-4-10)9(14)12(6)7-2-3-7/h6-7H,2-5,10H2,1H3. The molecular weight excluding hydrogens is 182 g/mol. The van der Waals surface area contributed by atoms with E-state index >= 15 is 0 Å². The second-order valence-corrected chi connectivity index (χ2v) is 3.88. The smallest absolute Gasteiger partial charge is 0.327 e. The van der Waals surface area contributed by atoms with Crippen LogP contribution in [0.15, 0.2) is 0 Å². The molecule has 1 saturated carbocycles. The molecule has 1 aliphatic carbocycles. The van der Waals surface area contributed by atoms with Crippen LogP contribution < -0.4 is 5.73 Å². The van der Waals surface area contributed by atoms with Crippen molar-refractivity contribution in [3.8, 4) is 0 Å². The molecule has 2 N–H and O–H groups in total. The number of carbonyl (C=O) groups is 2. The molecule has 2 rings (SSSR count). The minimum atomic E-state index is -0.290. The zero-order chi connectivity index (χ0) is 10.3. The van der Waals surface area contributed by atoms with Gasteiger partial charge in [0.25, 0.3) is 5.91 Å². The van der Waals surface area contributed by atoms with Gasteiger partial charge in [0.05, 0.1) is 0 Å². The fourth-order valence-electron chi connectivity index (χ4n) is 1.90. The van der Waals surface area contributed by atoms with Gasteiger partial charge in [-0.2, -0.15) is 0 Å². The number of nitrogens with two attached hydrogens (primary N) is 1. The zero-order valence-corrected chi connectivity index (χ0v) is 8.27. The summed E-state index contributed by atoms with van der Waals surface area (Å²) in [4.78, 5) is 26.4. The van der Waals surface area contributed by atoms with Crippen LogP contribution in [0.25, 0.3) is 0 Å². The van der Waals surface area contributed by atoms with E-state index in [9.17, 15) is 9.59 Å². The molecule has 3 amide bonds. The van der Waals surface area contributed by atoms with Gasteiger partial charge in [-0.3, -0.25) is 9.69 Å². The van der Waals surface area contributed by atoms with Crippen LogP contribution in [0.5, 0.6) is 0 Å². The lowest BCUT2D eigenvalue weighted by Gasteiger charge is -2.17. The Morgan fingerprint density at radius 2 is 2.07 bits per heavy atom. The highest BCUT2D eigenvalue weighted by Crippen LogP contribution is 2.33. The predicted molar refractivity (Wildman–Crippen MR) is 50.5 cm³/mol. The van der Waals surface area contributed by atoms with Gasteiger partial charge in [-0.1, -0.05) is 0 Å². The van der Waals surface area contributed by atoms with Gasteiger partial charge in [0.2, 0.25) is 0 Å². The first kappa shape index (κ1) is 9.45. The number of hydrogen-bond donors (Lipinski definition) is 1. The van der Waals surface area contributed by atoms with E-state index in [-0.39, 0.29) is 18.0 Å². The van der Waals surface area contributed by atoms with Crippen molar-refractivity contribution in [1.82, 2.24) is 9.80 Å². The summed E-state index contributed by atoms with van der Waals surface area (Å²) in [5.74, 6) is -0.104. The Morgan fingerprint density at radius 1 is 1.43 bits per heavy atom. The first-order chi connectivity index (χ1) is 6.66. The molecule has 5 nitrogen and oxygen atoms in total. The largest absolute Gasteiger partial charge is 0.329 e. The number of nitrogens with zero attached hydrogens (tertiary/aromatic N) is 2. The minimum absolute atomic E-state index is 0.104. The summed E-state index contributed by atoms with van der Waals surface area (Å²) < 4.78 is 0. The summed E-state index contributed by atoms with van der Waals surface area (Å²) in [5, 5.41) is 0. The Balaban J connectivity index is 2.14. The molecule has 5 heteroatoms. The number of amides is 3. The fourth-order valence-corrected chi connectivity index (χ4v) is 1.90. The normalized spacial score (nSPS) is 27.7. The van der Waals surface area contributed by atoms with Gasteiger partial charge in [-0.25, -0.2) is 4.79 Å². The third kappa shape index (κ3) is 1.28. The molecule has 1 heterocycles. The Hall–Kier alpha value is -1.10. The van der Waals surface area contributed by atoms with E-state index in [1.165, 1.54) is 4.90 Å². The van der Waals surface area contributed by atoms with Crippen molar-refractivity contribution in [2.75, 3.05) is 13.1 Å². The molecule has 0 aromatic heterocycles. The average Bonchev–Trinajstić information content (AvgIpc) is 2.93. The SMILES string of the molecule is CC1C(=O)N(CCN)C(=O)N1C1CC1. The van der Waals surface area contributed by atoms with Gasteiger partial charge >= 0.3 is 6.03 Å². The van der Waals surface area contributed by atoms with Gasteiger partial charge in [0.15, 0.2) is 0 Å². The maximum Gasteiger partial charge on any atom is 0.327 e. The molecule has 78 valence electrons. The van der Waals surface area contributed by atoms with Crippen molar-refractivity contribution in [3.63, 3.8) is 0 Å². The third-order valence-corrected chi connectivity index (χ3v) is 2.79. The molecular formula is C9H15N3O2. The first-order valence-electron chi connectivity index (χ1n) is 5.00. The quantitative estimate of drug-likeness (QED) is 0.635. The summed E-state index contributed by atoms with van der Waals surface area (Å²) in [6.45, 7) is 2.46. The third-order valence-electron chi connectivity index (χ3n) is 2.79. The van der Waals surface area contributed by atoms with Gasteiger partial charge in [-0.05, 0) is 19.8 Å². The van der Waals surface area contributed by atoms with Crippen LogP contribution in [-0.4, -0.2) is 46.9 Å². The number of urea groups is 1.